The van der Waals surface area contributed by atoms with Crippen molar-refractivity contribution in [2.75, 3.05) is 34.0 Å². The van der Waals surface area contributed by atoms with E-state index in [1.54, 1.807) is 0 Å². The topological polar surface area (TPSA) is 101 Å². The molecule has 0 saturated carbocycles. The van der Waals surface area contributed by atoms with E-state index >= 15 is 0 Å². The molecule has 2 rings (SSSR count). The summed E-state index contributed by atoms with van der Waals surface area (Å²) < 4.78 is 21.2. The second-order valence-electron chi connectivity index (χ2n) is 3.94. The lowest BCUT2D eigenvalue weighted by Crippen LogP contribution is -2.43. The molecule has 0 aromatic carbocycles. The molecule has 0 bridgehead atoms. The van der Waals surface area contributed by atoms with Gasteiger partial charge in [-0.05, 0) is 0 Å². The van der Waals surface area contributed by atoms with Crippen molar-refractivity contribution in [1.82, 2.24) is 15.4 Å². The van der Waals surface area contributed by atoms with Gasteiger partial charge >= 0.3 is 0 Å². The summed E-state index contributed by atoms with van der Waals surface area (Å²) >= 11 is 0. The number of nitrogens with one attached hydrogen (secondary N) is 1. The number of methoxy groups -OCH3 is 2. The van der Waals surface area contributed by atoms with Crippen LogP contribution in [0.25, 0.3) is 0 Å². The van der Waals surface area contributed by atoms with Crippen LogP contribution in [0.5, 0.6) is 11.8 Å². The van der Waals surface area contributed by atoms with Crippen molar-refractivity contribution in [2.24, 2.45) is 5.84 Å². The van der Waals surface area contributed by atoms with E-state index in [0.29, 0.717) is 37.3 Å². The molecule has 0 radical (unpaired) electrons. The predicted molar refractivity (Wildman–Crippen MR) is 65.8 cm³/mol. The van der Waals surface area contributed by atoms with Gasteiger partial charge in [0.15, 0.2) is 0 Å². The summed E-state index contributed by atoms with van der Waals surface area (Å²) in [4.78, 5) is 8.45. The molecular formula is C11H18N4O4. The molecule has 2 unspecified atom stereocenters. The number of ether oxygens (including phenoxy) is 4. The molecule has 2 heterocycles. The standard InChI is InChI=1S/C11H18N4O4/c1-16-8-5-13-10(11(14-8)17-2)9(15-12)7-6-18-3-4-19-7/h5,7,9,15H,3-4,6,12H2,1-2H3. The van der Waals surface area contributed by atoms with Crippen LogP contribution in [0.2, 0.25) is 0 Å². The minimum atomic E-state index is -0.367. The molecule has 1 fully saturated rings. The summed E-state index contributed by atoms with van der Waals surface area (Å²) in [7, 11) is 3.03. The largest absolute Gasteiger partial charge is 0.480 e. The zero-order valence-corrected chi connectivity index (χ0v) is 11.0. The molecule has 0 amide bonds. The number of hydrazine groups is 1. The van der Waals surface area contributed by atoms with Gasteiger partial charge in [0.05, 0.1) is 46.3 Å². The molecule has 1 aromatic rings. The van der Waals surface area contributed by atoms with E-state index in [1.165, 1.54) is 20.4 Å². The minimum Gasteiger partial charge on any atom is -0.480 e. The van der Waals surface area contributed by atoms with E-state index in [1.807, 2.05) is 0 Å². The first-order valence-electron chi connectivity index (χ1n) is 5.90. The van der Waals surface area contributed by atoms with Gasteiger partial charge in [-0.25, -0.2) is 10.4 Å². The smallest absolute Gasteiger partial charge is 0.240 e. The number of nitrogens with zero attached hydrogens (tertiary/aromatic N) is 2. The van der Waals surface area contributed by atoms with Gasteiger partial charge in [-0.1, -0.05) is 0 Å². The van der Waals surface area contributed by atoms with E-state index in [4.69, 9.17) is 24.8 Å². The molecule has 106 valence electrons. The molecule has 8 heteroatoms. The first-order chi connectivity index (χ1) is 9.30. The summed E-state index contributed by atoms with van der Waals surface area (Å²) in [6.07, 6.45) is 1.27. The Kier molecular flexibility index (Phi) is 4.86. The Morgan fingerprint density at radius 1 is 1.42 bits per heavy atom. The van der Waals surface area contributed by atoms with Gasteiger partial charge in [0.25, 0.3) is 0 Å². The Morgan fingerprint density at radius 3 is 2.84 bits per heavy atom. The van der Waals surface area contributed by atoms with Crippen molar-refractivity contribution in [1.29, 1.82) is 0 Å². The molecule has 0 aliphatic carbocycles. The minimum absolute atomic E-state index is 0.240. The van der Waals surface area contributed by atoms with Crippen LogP contribution in [0.15, 0.2) is 6.20 Å². The van der Waals surface area contributed by atoms with E-state index < -0.39 is 0 Å². The van der Waals surface area contributed by atoms with Crippen LogP contribution >= 0.6 is 0 Å². The highest BCUT2D eigenvalue weighted by atomic mass is 16.6. The van der Waals surface area contributed by atoms with Crippen molar-refractivity contribution < 1.29 is 18.9 Å². The van der Waals surface area contributed by atoms with Crippen molar-refractivity contribution in [3.8, 4) is 11.8 Å². The zero-order valence-electron chi connectivity index (χ0n) is 11.0. The maximum Gasteiger partial charge on any atom is 0.240 e. The fourth-order valence-corrected chi connectivity index (χ4v) is 1.89. The van der Waals surface area contributed by atoms with Crippen LogP contribution in [0.3, 0.4) is 0 Å². The number of hydrogen-bond acceptors (Lipinski definition) is 8. The molecular weight excluding hydrogens is 252 g/mol. The van der Waals surface area contributed by atoms with E-state index in [-0.39, 0.29) is 12.1 Å². The normalized spacial score (nSPS) is 20.9. The fraction of sp³-hybridized carbons (Fsp3) is 0.636. The Hall–Kier alpha value is -1.48. The number of aromatic nitrogens is 2. The van der Waals surface area contributed by atoms with E-state index in [9.17, 15) is 0 Å². The first-order valence-corrected chi connectivity index (χ1v) is 5.90. The third kappa shape index (κ3) is 3.10. The molecule has 1 saturated heterocycles. The summed E-state index contributed by atoms with van der Waals surface area (Å²) in [6.45, 7) is 1.54. The average Bonchev–Trinajstić information content (AvgIpc) is 2.49. The van der Waals surface area contributed by atoms with Gasteiger partial charge in [0.2, 0.25) is 11.8 Å². The monoisotopic (exact) mass is 270 g/mol. The highest BCUT2D eigenvalue weighted by Crippen LogP contribution is 2.27. The van der Waals surface area contributed by atoms with Crippen molar-refractivity contribution in [2.45, 2.75) is 12.1 Å². The van der Waals surface area contributed by atoms with Crippen LogP contribution in [0.4, 0.5) is 0 Å². The molecule has 2 atom stereocenters. The molecule has 1 aliphatic rings. The first kappa shape index (κ1) is 13.9. The summed E-state index contributed by atoms with van der Waals surface area (Å²) in [5, 5.41) is 0. The zero-order chi connectivity index (χ0) is 13.7. The maximum absolute atomic E-state index is 5.62. The lowest BCUT2D eigenvalue weighted by molar-refractivity contribution is -0.103. The third-order valence-electron chi connectivity index (χ3n) is 2.84. The third-order valence-corrected chi connectivity index (χ3v) is 2.84. The lowest BCUT2D eigenvalue weighted by atomic mass is 10.1. The van der Waals surface area contributed by atoms with Crippen LogP contribution in [0.1, 0.15) is 11.7 Å². The number of nitrogens with two attached hydrogens (primary N) is 1. The van der Waals surface area contributed by atoms with Crippen LogP contribution in [-0.2, 0) is 9.47 Å². The van der Waals surface area contributed by atoms with Gasteiger partial charge in [-0.3, -0.25) is 5.84 Å². The predicted octanol–water partition coefficient (Wildman–Crippen LogP) is -0.586. The van der Waals surface area contributed by atoms with Gasteiger partial charge in [-0.15, -0.1) is 0 Å². The second-order valence-corrected chi connectivity index (χ2v) is 3.94. The summed E-state index contributed by atoms with van der Waals surface area (Å²) in [5.41, 5.74) is 3.23. The maximum atomic E-state index is 5.62. The average molecular weight is 270 g/mol. The summed E-state index contributed by atoms with van der Waals surface area (Å²) in [5.74, 6) is 6.31. The van der Waals surface area contributed by atoms with Crippen LogP contribution in [0, 0.1) is 0 Å². The Balaban J connectivity index is 2.26. The lowest BCUT2D eigenvalue weighted by Gasteiger charge is -2.29. The highest BCUT2D eigenvalue weighted by Gasteiger charge is 2.30. The van der Waals surface area contributed by atoms with Crippen molar-refractivity contribution in [3.63, 3.8) is 0 Å². The molecule has 8 nitrogen and oxygen atoms in total. The quantitative estimate of drug-likeness (QED) is 0.541. The second kappa shape index (κ2) is 6.62. The van der Waals surface area contributed by atoms with Gasteiger partial charge in [0.1, 0.15) is 11.8 Å². The number of hydrogen-bond donors (Lipinski definition) is 2. The molecule has 3 N–H and O–H groups in total. The van der Waals surface area contributed by atoms with E-state index in [0.717, 1.165) is 0 Å². The van der Waals surface area contributed by atoms with Gasteiger partial charge in [-0.2, -0.15) is 4.98 Å². The molecule has 0 spiro atoms. The molecule has 1 aromatic heterocycles. The Labute approximate surface area is 111 Å². The highest BCUT2D eigenvalue weighted by molar-refractivity contribution is 5.26. The Bertz CT molecular complexity index is 412. The van der Waals surface area contributed by atoms with Crippen LogP contribution < -0.4 is 20.7 Å². The molecule has 19 heavy (non-hydrogen) atoms. The number of rotatable bonds is 5. The van der Waals surface area contributed by atoms with Crippen molar-refractivity contribution >= 4 is 0 Å². The summed E-state index contributed by atoms with van der Waals surface area (Å²) in [6, 6.07) is -0.367. The van der Waals surface area contributed by atoms with Crippen LogP contribution in [-0.4, -0.2) is 50.1 Å². The van der Waals surface area contributed by atoms with Gasteiger partial charge < -0.3 is 18.9 Å². The molecule has 1 aliphatic heterocycles. The van der Waals surface area contributed by atoms with Crippen molar-refractivity contribution in [3.05, 3.63) is 11.9 Å². The van der Waals surface area contributed by atoms with E-state index in [2.05, 4.69) is 15.4 Å². The van der Waals surface area contributed by atoms with Gasteiger partial charge in [0, 0.05) is 0 Å². The SMILES string of the molecule is COc1cnc(C(NN)C2COCCO2)c(OC)n1. The Morgan fingerprint density at radius 2 is 2.26 bits per heavy atom. The fourth-order valence-electron chi connectivity index (χ4n) is 1.89.